The summed E-state index contributed by atoms with van der Waals surface area (Å²) in [5, 5.41) is 0. The Morgan fingerprint density at radius 2 is 1.64 bits per heavy atom. The molecule has 1 fully saturated rings. The Balaban J connectivity index is 0.000000292. The monoisotopic (exact) mass is 225 g/mol. The van der Waals surface area contributed by atoms with Gasteiger partial charge >= 0.3 is 0 Å². The van der Waals surface area contributed by atoms with E-state index in [9.17, 15) is 0 Å². The molecule has 2 N–H and O–H groups in total. The molecule has 86 valence electrons. The van der Waals surface area contributed by atoms with E-state index in [-0.39, 0.29) is 0 Å². The van der Waals surface area contributed by atoms with Crippen LogP contribution in [-0.4, -0.2) is 41.0 Å². The van der Waals surface area contributed by atoms with Crippen LogP contribution in [0.5, 0.6) is 0 Å². The van der Waals surface area contributed by atoms with Gasteiger partial charge < -0.3 is 19.2 Å². The summed E-state index contributed by atoms with van der Waals surface area (Å²) >= 11 is 0. The second-order valence-corrected chi connectivity index (χ2v) is 4.92. The molecular formula is C8H20NO4P. The summed E-state index contributed by atoms with van der Waals surface area (Å²) in [5.74, 6) is 0. The number of rotatable bonds is 1. The third kappa shape index (κ3) is 8.66. The third-order valence-electron chi connectivity index (χ3n) is 2.66. The molecule has 0 spiro atoms. The quantitative estimate of drug-likeness (QED) is 0.489. The first-order valence-corrected chi connectivity index (χ1v) is 6.40. The number of quaternary nitrogens is 1. The number of hydrogen-bond acceptors (Lipinski definition) is 2. The van der Waals surface area contributed by atoms with Crippen molar-refractivity contribution in [3.63, 3.8) is 0 Å². The van der Waals surface area contributed by atoms with Gasteiger partial charge in [0.15, 0.2) is 0 Å². The van der Waals surface area contributed by atoms with Crippen LogP contribution in [0.2, 0.25) is 0 Å². The molecule has 1 heterocycles. The average Bonchev–Trinajstić information content (AvgIpc) is 2.03. The summed E-state index contributed by atoms with van der Waals surface area (Å²) in [4.78, 5) is 22.9. The molecule has 6 heteroatoms. The zero-order valence-corrected chi connectivity index (χ0v) is 9.74. The van der Waals surface area contributed by atoms with Gasteiger partial charge in [-0.1, -0.05) is 0 Å². The fraction of sp³-hybridized carbons (Fsp3) is 1.00. The predicted molar refractivity (Wildman–Crippen MR) is 52.4 cm³/mol. The second-order valence-electron chi connectivity index (χ2n) is 3.93. The van der Waals surface area contributed by atoms with Crippen LogP contribution in [0.15, 0.2) is 0 Å². The van der Waals surface area contributed by atoms with Crippen molar-refractivity contribution in [1.29, 1.82) is 0 Å². The molecule has 0 amide bonds. The lowest BCUT2D eigenvalue weighted by molar-refractivity contribution is -0.912. The van der Waals surface area contributed by atoms with Gasteiger partial charge in [-0.05, 0) is 26.2 Å². The number of piperidine rings is 1. The lowest BCUT2D eigenvalue weighted by atomic mass is 10.1. The van der Waals surface area contributed by atoms with Gasteiger partial charge in [-0.25, -0.2) is 0 Å². The molecule has 1 aliphatic heterocycles. The molecule has 0 unspecified atom stereocenters. The number of hydrogen-bond donors (Lipinski definition) is 2. The minimum absolute atomic E-state index is 1.32. The Bertz CT molecular complexity index is 189. The molecule has 0 aliphatic carbocycles. The first kappa shape index (κ1) is 14.1. The van der Waals surface area contributed by atoms with Crippen LogP contribution in [0.3, 0.4) is 0 Å². The lowest BCUT2D eigenvalue weighted by Crippen LogP contribution is -2.47. The molecule has 0 aromatic heterocycles. The highest BCUT2D eigenvalue weighted by Crippen LogP contribution is 2.19. The van der Waals surface area contributed by atoms with E-state index in [1.807, 2.05) is 0 Å². The van der Waals surface area contributed by atoms with Crippen molar-refractivity contribution in [2.75, 3.05) is 26.7 Å². The first-order valence-electron chi connectivity index (χ1n) is 4.87. The van der Waals surface area contributed by atoms with Crippen LogP contribution in [0.25, 0.3) is 0 Å². The normalized spacial score (nSPS) is 20.9. The van der Waals surface area contributed by atoms with E-state index in [1.54, 1.807) is 0 Å². The average molecular weight is 225 g/mol. The highest BCUT2D eigenvalue weighted by Gasteiger charge is 2.21. The largest absolute Gasteiger partial charge is 0.756 e. The molecule has 0 bridgehead atoms. The molecule has 1 saturated heterocycles. The Kier molecular flexibility index (Phi) is 5.86. The van der Waals surface area contributed by atoms with E-state index in [1.165, 1.54) is 43.4 Å². The van der Waals surface area contributed by atoms with E-state index >= 15 is 0 Å². The molecule has 1 rings (SSSR count). The fourth-order valence-electron chi connectivity index (χ4n) is 1.59. The molecule has 14 heavy (non-hydrogen) atoms. The number of likely N-dealkylation sites (tertiary alicyclic amines) is 1. The van der Waals surface area contributed by atoms with E-state index in [4.69, 9.17) is 19.2 Å². The molecule has 0 radical (unpaired) electrons. The van der Waals surface area contributed by atoms with Gasteiger partial charge in [0.05, 0.1) is 26.7 Å². The Morgan fingerprint density at radius 1 is 1.29 bits per heavy atom. The van der Waals surface area contributed by atoms with Crippen molar-refractivity contribution in [3.8, 4) is 0 Å². The van der Waals surface area contributed by atoms with Gasteiger partial charge in [-0.2, -0.15) is 0 Å². The highest BCUT2D eigenvalue weighted by molar-refractivity contribution is 7.43. The van der Waals surface area contributed by atoms with Gasteiger partial charge in [0, 0.05) is 0 Å². The first-order chi connectivity index (χ1) is 6.27. The smallest absolute Gasteiger partial charge is 0.262 e. The summed E-state index contributed by atoms with van der Waals surface area (Å²) in [6.45, 7) is 6.44. The molecule has 0 aromatic carbocycles. The maximum atomic E-state index is 8.77. The molecule has 0 saturated carbocycles. The summed E-state index contributed by atoms with van der Waals surface area (Å²) in [7, 11) is -2.51. The minimum Gasteiger partial charge on any atom is -0.756 e. The molecule has 5 nitrogen and oxygen atoms in total. The minimum atomic E-state index is -4.89. The summed E-state index contributed by atoms with van der Waals surface area (Å²) in [6, 6.07) is 0. The summed E-state index contributed by atoms with van der Waals surface area (Å²) in [6.07, 6.45) is 4.36. The topological polar surface area (TPSA) is 80.6 Å². The van der Waals surface area contributed by atoms with Crippen molar-refractivity contribution in [2.45, 2.75) is 26.2 Å². The Hall–Kier alpha value is 0.0700. The van der Waals surface area contributed by atoms with Gasteiger partial charge in [-0.15, -0.1) is 0 Å². The van der Waals surface area contributed by atoms with Gasteiger partial charge in [0.2, 0.25) is 0 Å². The number of nitrogens with zero attached hydrogens (tertiary/aromatic N) is 1. The van der Waals surface area contributed by atoms with Gasteiger partial charge in [0.1, 0.15) is 0 Å². The maximum absolute atomic E-state index is 8.77. The SMILES string of the molecule is CC[N+]1(C)CCCCC1.O=P([O-])(O)O. The van der Waals surface area contributed by atoms with Crippen LogP contribution in [0.4, 0.5) is 0 Å². The molecule has 1 aliphatic rings. The standard InChI is InChI=1S/C8H18N.H3O4P/c1-3-9(2)7-5-4-6-8-9;1-5(2,3)4/h3-8H2,1-2H3;(H3,1,2,3,4)/q+1;/p-1. The van der Waals surface area contributed by atoms with Crippen LogP contribution in [-0.2, 0) is 4.57 Å². The maximum Gasteiger partial charge on any atom is 0.262 e. The predicted octanol–water partition coefficient (Wildman–Crippen LogP) is 0.0762. The van der Waals surface area contributed by atoms with Gasteiger partial charge in [0.25, 0.3) is 7.82 Å². The van der Waals surface area contributed by atoms with Gasteiger partial charge in [-0.3, -0.25) is 4.57 Å². The van der Waals surface area contributed by atoms with Crippen LogP contribution in [0.1, 0.15) is 26.2 Å². The summed E-state index contributed by atoms with van der Waals surface area (Å²) in [5.41, 5.74) is 0. The van der Waals surface area contributed by atoms with E-state index in [0.29, 0.717) is 0 Å². The highest BCUT2D eigenvalue weighted by atomic mass is 31.2. The van der Waals surface area contributed by atoms with E-state index < -0.39 is 7.82 Å². The molecule has 0 atom stereocenters. The van der Waals surface area contributed by atoms with Crippen molar-refractivity contribution in [1.82, 2.24) is 0 Å². The van der Waals surface area contributed by atoms with Crippen molar-refractivity contribution in [3.05, 3.63) is 0 Å². The Morgan fingerprint density at radius 3 is 1.86 bits per heavy atom. The fourth-order valence-corrected chi connectivity index (χ4v) is 1.59. The van der Waals surface area contributed by atoms with Crippen molar-refractivity contribution in [2.24, 2.45) is 0 Å². The van der Waals surface area contributed by atoms with Crippen LogP contribution >= 0.6 is 7.82 Å². The second kappa shape index (κ2) is 5.83. The molecule has 0 aromatic rings. The van der Waals surface area contributed by atoms with E-state index in [2.05, 4.69) is 14.0 Å². The zero-order chi connectivity index (χ0) is 11.2. The van der Waals surface area contributed by atoms with E-state index in [0.717, 1.165) is 0 Å². The van der Waals surface area contributed by atoms with Crippen molar-refractivity contribution >= 4 is 7.82 Å². The van der Waals surface area contributed by atoms with Crippen LogP contribution in [0, 0.1) is 0 Å². The zero-order valence-electron chi connectivity index (χ0n) is 8.85. The van der Waals surface area contributed by atoms with Crippen LogP contribution < -0.4 is 4.89 Å². The van der Waals surface area contributed by atoms with Crippen molar-refractivity contribution < 1.29 is 23.7 Å². The summed E-state index contributed by atoms with van der Waals surface area (Å²) < 4.78 is 10.1. The lowest BCUT2D eigenvalue weighted by Gasteiger charge is -2.36. The third-order valence-corrected chi connectivity index (χ3v) is 2.66. The Labute approximate surface area is 85.2 Å². The molecular weight excluding hydrogens is 205 g/mol. The number of phosphoric acid groups is 1.